The highest BCUT2D eigenvalue weighted by Crippen LogP contribution is 2.37. The number of hydrogen-bond acceptors (Lipinski definition) is 1. The highest BCUT2D eigenvalue weighted by molar-refractivity contribution is 14.1. The van der Waals surface area contributed by atoms with E-state index in [0.717, 1.165) is 31.9 Å². The van der Waals surface area contributed by atoms with Crippen molar-refractivity contribution in [3.8, 4) is 5.75 Å². The molecule has 0 saturated heterocycles. The molecule has 3 heteroatoms. The first-order valence-electron chi connectivity index (χ1n) is 6.48. The van der Waals surface area contributed by atoms with Gasteiger partial charge in [-0.15, -0.1) is 0 Å². The Morgan fingerprint density at radius 2 is 1.76 bits per heavy atom. The first-order chi connectivity index (χ1) is 10.2. The number of hydrogen-bond donors (Lipinski definition) is 1. The molecule has 0 aliphatic heterocycles. The van der Waals surface area contributed by atoms with E-state index in [2.05, 4.69) is 56.7 Å². The maximum Gasteiger partial charge on any atom is 0.124 e. The van der Waals surface area contributed by atoms with Crippen LogP contribution in [0.15, 0.2) is 69.2 Å². The Labute approximate surface area is 145 Å². The smallest absolute Gasteiger partial charge is 0.124 e. The second kappa shape index (κ2) is 6.20. The van der Waals surface area contributed by atoms with Crippen LogP contribution in [0.25, 0.3) is 16.3 Å². The van der Waals surface area contributed by atoms with E-state index in [-0.39, 0.29) is 0 Å². The largest absolute Gasteiger partial charge is 0.507 e. The quantitative estimate of drug-likeness (QED) is 0.465. The second-order valence-corrected chi connectivity index (χ2v) is 6.25. The van der Waals surface area contributed by atoms with Crippen LogP contribution in [0.5, 0.6) is 5.75 Å². The van der Waals surface area contributed by atoms with Crippen molar-refractivity contribution in [2.75, 3.05) is 0 Å². The first kappa shape index (κ1) is 14.6. The standard InChI is InChI=1S/C18H12BrIO/c19-14-7-8-15-13(10-14)6-9-17(21)18(15)16(11-20)12-4-2-1-3-5-12/h1-11,21H/b16-11+. The summed E-state index contributed by atoms with van der Waals surface area (Å²) in [6.07, 6.45) is 0. The molecule has 1 nitrogen and oxygen atoms in total. The zero-order valence-corrected chi connectivity index (χ0v) is 14.8. The summed E-state index contributed by atoms with van der Waals surface area (Å²) in [7, 11) is 0. The predicted octanol–water partition coefficient (Wildman–Crippen LogP) is 6.13. The third-order valence-corrected chi connectivity index (χ3v) is 4.54. The third-order valence-electron chi connectivity index (χ3n) is 3.42. The summed E-state index contributed by atoms with van der Waals surface area (Å²) in [5, 5.41) is 12.5. The zero-order valence-electron chi connectivity index (χ0n) is 11.1. The second-order valence-electron chi connectivity index (χ2n) is 4.71. The van der Waals surface area contributed by atoms with Crippen molar-refractivity contribution in [3.63, 3.8) is 0 Å². The van der Waals surface area contributed by atoms with Gasteiger partial charge >= 0.3 is 0 Å². The summed E-state index contributed by atoms with van der Waals surface area (Å²) < 4.78 is 3.05. The fraction of sp³-hybridized carbons (Fsp3) is 0. The summed E-state index contributed by atoms with van der Waals surface area (Å²) >= 11 is 5.73. The molecule has 0 radical (unpaired) electrons. The molecule has 0 aliphatic rings. The maximum absolute atomic E-state index is 10.4. The number of phenolic OH excluding ortho intramolecular Hbond substituents is 1. The summed E-state index contributed by atoms with van der Waals surface area (Å²) in [5.41, 5.74) is 3.00. The van der Waals surface area contributed by atoms with E-state index in [1.54, 1.807) is 6.07 Å². The molecule has 0 atom stereocenters. The van der Waals surface area contributed by atoms with Gasteiger partial charge in [-0.3, -0.25) is 0 Å². The van der Waals surface area contributed by atoms with Gasteiger partial charge in [0.2, 0.25) is 0 Å². The van der Waals surface area contributed by atoms with Crippen LogP contribution in [0, 0.1) is 0 Å². The van der Waals surface area contributed by atoms with Gasteiger partial charge < -0.3 is 5.11 Å². The molecule has 0 saturated carbocycles. The average Bonchev–Trinajstić information content (AvgIpc) is 2.51. The minimum Gasteiger partial charge on any atom is -0.507 e. The molecule has 104 valence electrons. The lowest BCUT2D eigenvalue weighted by molar-refractivity contribution is 0.474. The highest BCUT2D eigenvalue weighted by atomic mass is 127. The lowest BCUT2D eigenvalue weighted by Crippen LogP contribution is -1.90. The molecule has 0 spiro atoms. The van der Waals surface area contributed by atoms with Crippen molar-refractivity contribution < 1.29 is 5.11 Å². The molecule has 0 aromatic heterocycles. The molecule has 0 amide bonds. The summed E-state index contributed by atoms with van der Waals surface area (Å²) in [5.74, 6) is 0.302. The van der Waals surface area contributed by atoms with E-state index >= 15 is 0 Å². The van der Waals surface area contributed by atoms with Crippen molar-refractivity contribution in [2.45, 2.75) is 0 Å². The van der Waals surface area contributed by atoms with Gasteiger partial charge in [-0.25, -0.2) is 0 Å². The van der Waals surface area contributed by atoms with Crippen molar-refractivity contribution >= 4 is 54.9 Å². The minimum atomic E-state index is 0.302. The van der Waals surface area contributed by atoms with Gasteiger partial charge in [-0.1, -0.05) is 81.0 Å². The zero-order chi connectivity index (χ0) is 14.8. The first-order valence-corrected chi connectivity index (χ1v) is 8.52. The summed E-state index contributed by atoms with van der Waals surface area (Å²) in [6.45, 7) is 0. The van der Waals surface area contributed by atoms with Gasteiger partial charge in [-0.2, -0.15) is 0 Å². The molecule has 0 fully saturated rings. The van der Waals surface area contributed by atoms with Gasteiger partial charge in [0.05, 0.1) is 0 Å². The van der Waals surface area contributed by atoms with Crippen molar-refractivity contribution in [2.24, 2.45) is 0 Å². The van der Waals surface area contributed by atoms with E-state index in [4.69, 9.17) is 0 Å². The number of benzene rings is 3. The van der Waals surface area contributed by atoms with Gasteiger partial charge in [-0.05, 0) is 44.2 Å². The monoisotopic (exact) mass is 450 g/mol. The molecule has 0 heterocycles. The average molecular weight is 451 g/mol. The normalized spacial score (nSPS) is 11.8. The molecular weight excluding hydrogens is 439 g/mol. The van der Waals surface area contributed by atoms with E-state index in [0.29, 0.717) is 5.75 Å². The molecule has 21 heavy (non-hydrogen) atoms. The molecule has 0 aliphatic carbocycles. The topological polar surface area (TPSA) is 20.2 Å². The molecular formula is C18H12BrIO. The molecule has 0 unspecified atom stereocenters. The SMILES string of the molecule is Oc1ccc2cc(Br)ccc2c1/C(=C/I)c1ccccc1. The number of halogens is 2. The van der Waals surface area contributed by atoms with Crippen LogP contribution in [0.3, 0.4) is 0 Å². The third kappa shape index (κ3) is 2.85. The van der Waals surface area contributed by atoms with Crippen molar-refractivity contribution in [1.82, 2.24) is 0 Å². The Kier molecular flexibility index (Phi) is 4.31. The van der Waals surface area contributed by atoms with E-state index < -0.39 is 0 Å². The minimum absolute atomic E-state index is 0.302. The van der Waals surface area contributed by atoms with Gasteiger partial charge in [0.25, 0.3) is 0 Å². The lowest BCUT2D eigenvalue weighted by Gasteiger charge is -2.13. The Balaban J connectivity index is 2.31. The fourth-order valence-corrected chi connectivity index (χ4v) is 3.50. The Morgan fingerprint density at radius 1 is 1.00 bits per heavy atom. The van der Waals surface area contributed by atoms with Crippen LogP contribution in [0.4, 0.5) is 0 Å². The van der Waals surface area contributed by atoms with Gasteiger partial charge in [0.15, 0.2) is 0 Å². The van der Waals surface area contributed by atoms with Crippen LogP contribution >= 0.6 is 38.5 Å². The van der Waals surface area contributed by atoms with E-state index in [1.165, 1.54) is 0 Å². The van der Waals surface area contributed by atoms with Gasteiger partial charge in [0, 0.05) is 10.0 Å². The number of aromatic hydroxyl groups is 1. The number of rotatable bonds is 2. The summed E-state index contributed by atoms with van der Waals surface area (Å²) in [4.78, 5) is 0. The van der Waals surface area contributed by atoms with Crippen molar-refractivity contribution in [1.29, 1.82) is 0 Å². The van der Waals surface area contributed by atoms with Crippen LogP contribution < -0.4 is 0 Å². The molecule has 3 aromatic rings. The van der Waals surface area contributed by atoms with Crippen LogP contribution in [0.2, 0.25) is 0 Å². The van der Waals surface area contributed by atoms with Crippen LogP contribution in [-0.4, -0.2) is 5.11 Å². The molecule has 1 N–H and O–H groups in total. The molecule has 3 rings (SSSR count). The van der Waals surface area contributed by atoms with Gasteiger partial charge in [0.1, 0.15) is 5.75 Å². The Hall–Kier alpha value is -1.33. The highest BCUT2D eigenvalue weighted by Gasteiger charge is 2.13. The van der Waals surface area contributed by atoms with E-state index in [9.17, 15) is 5.11 Å². The lowest BCUT2D eigenvalue weighted by atomic mass is 9.93. The maximum atomic E-state index is 10.4. The van der Waals surface area contributed by atoms with Crippen LogP contribution in [0.1, 0.15) is 11.1 Å². The fourth-order valence-electron chi connectivity index (χ4n) is 2.45. The Bertz CT molecular complexity index is 825. The number of phenols is 1. The summed E-state index contributed by atoms with van der Waals surface area (Å²) in [6, 6.07) is 19.9. The molecule has 0 bridgehead atoms. The van der Waals surface area contributed by atoms with Crippen LogP contribution in [-0.2, 0) is 0 Å². The van der Waals surface area contributed by atoms with E-state index in [1.807, 2.05) is 40.5 Å². The number of fused-ring (bicyclic) bond motifs is 1. The predicted molar refractivity (Wildman–Crippen MR) is 101 cm³/mol. The van der Waals surface area contributed by atoms with Crippen molar-refractivity contribution in [3.05, 3.63) is 80.3 Å². The Morgan fingerprint density at radius 3 is 2.48 bits per heavy atom. The molecule has 3 aromatic carbocycles.